The van der Waals surface area contributed by atoms with Crippen LogP contribution in [0.2, 0.25) is 0 Å². The van der Waals surface area contributed by atoms with E-state index < -0.39 is 16.1 Å². The Morgan fingerprint density at radius 2 is 1.90 bits per heavy atom. The normalized spacial score (nSPS) is 14.8. The number of benzene rings is 2. The number of anilines is 2. The zero-order chi connectivity index (χ0) is 27.1. The molecule has 0 spiro atoms. The summed E-state index contributed by atoms with van der Waals surface area (Å²) >= 11 is 2.52. The minimum atomic E-state index is -3.81. The van der Waals surface area contributed by atoms with Crippen molar-refractivity contribution < 1.29 is 17.6 Å². The summed E-state index contributed by atoms with van der Waals surface area (Å²) in [5, 5.41) is 9.69. The number of fused-ring (bicyclic) bond motifs is 2. The van der Waals surface area contributed by atoms with Gasteiger partial charge in [-0.3, -0.25) is 18.9 Å². The Labute approximate surface area is 228 Å². The van der Waals surface area contributed by atoms with Crippen molar-refractivity contribution in [3.05, 3.63) is 82.5 Å². The van der Waals surface area contributed by atoms with Crippen molar-refractivity contribution >= 4 is 60.9 Å². The number of nitrogens with one attached hydrogen (secondary N) is 2. The molecule has 11 nitrogen and oxygen atoms in total. The maximum atomic E-state index is 13.3. The molecular weight excluding hydrogens is 566 g/mol. The van der Waals surface area contributed by atoms with Gasteiger partial charge in [-0.15, -0.1) is 11.3 Å². The smallest absolute Gasteiger partial charge is 0.265 e. The molecule has 0 aliphatic carbocycles. The number of carbonyl (C=O) groups is 1. The Bertz CT molecular complexity index is 1850. The highest BCUT2D eigenvalue weighted by Crippen LogP contribution is 2.33. The highest BCUT2D eigenvalue weighted by Gasteiger charge is 2.29. The van der Waals surface area contributed by atoms with Crippen LogP contribution in [0.25, 0.3) is 16.7 Å². The minimum Gasteiger partial charge on any atom is -0.326 e. The predicted molar refractivity (Wildman–Crippen MR) is 145 cm³/mol. The number of sulfonamides is 1. The summed E-state index contributed by atoms with van der Waals surface area (Å²) in [6.07, 6.45) is 2.93. The van der Waals surface area contributed by atoms with Crippen LogP contribution in [0, 0.1) is 5.82 Å². The average Bonchev–Trinajstić information content (AvgIpc) is 3.66. The van der Waals surface area contributed by atoms with Crippen LogP contribution in [0.3, 0.4) is 0 Å². The second kappa shape index (κ2) is 9.91. The van der Waals surface area contributed by atoms with E-state index in [1.54, 1.807) is 17.5 Å². The minimum absolute atomic E-state index is 0.0187. The summed E-state index contributed by atoms with van der Waals surface area (Å²) in [7, 11) is -3.81. The number of thiazole rings is 1. The van der Waals surface area contributed by atoms with E-state index in [4.69, 9.17) is 0 Å². The van der Waals surface area contributed by atoms with E-state index in [2.05, 4.69) is 25.1 Å². The number of nitrogens with zero attached hydrogens (tertiary/aromatic N) is 5. The molecule has 0 radical (unpaired) electrons. The van der Waals surface area contributed by atoms with Gasteiger partial charge in [0.2, 0.25) is 5.91 Å². The van der Waals surface area contributed by atoms with Crippen LogP contribution in [0.5, 0.6) is 0 Å². The molecular formula is C24H18FN7O4S3. The third-order valence-electron chi connectivity index (χ3n) is 5.97. The summed E-state index contributed by atoms with van der Waals surface area (Å²) in [6, 6.07) is 11.0. The average molecular weight is 584 g/mol. The fourth-order valence-electron chi connectivity index (χ4n) is 4.14. The summed E-state index contributed by atoms with van der Waals surface area (Å²) in [4.78, 5) is 34.7. The Balaban J connectivity index is 1.17. The van der Waals surface area contributed by atoms with Gasteiger partial charge >= 0.3 is 0 Å². The van der Waals surface area contributed by atoms with Gasteiger partial charge in [0.15, 0.2) is 15.9 Å². The molecule has 1 amide bonds. The van der Waals surface area contributed by atoms with Gasteiger partial charge < -0.3 is 5.32 Å². The van der Waals surface area contributed by atoms with E-state index in [9.17, 15) is 22.4 Å². The molecule has 0 saturated heterocycles. The van der Waals surface area contributed by atoms with Crippen molar-refractivity contribution in [2.24, 2.45) is 0 Å². The van der Waals surface area contributed by atoms with Crippen molar-refractivity contribution in [2.45, 2.75) is 22.5 Å². The van der Waals surface area contributed by atoms with Crippen LogP contribution in [-0.2, 0) is 14.8 Å². The number of carbonyl (C=O) groups excluding carboxylic acids is 1. The molecule has 198 valence electrons. The number of aromatic nitrogens is 5. The first kappa shape index (κ1) is 25.2. The van der Waals surface area contributed by atoms with Crippen LogP contribution in [0.4, 0.5) is 15.2 Å². The molecule has 2 aromatic carbocycles. The van der Waals surface area contributed by atoms with E-state index in [0.29, 0.717) is 33.3 Å². The van der Waals surface area contributed by atoms with Gasteiger partial charge in [-0.05, 0) is 48.5 Å². The zero-order valence-corrected chi connectivity index (χ0v) is 22.3. The van der Waals surface area contributed by atoms with Crippen LogP contribution >= 0.6 is 23.1 Å². The first-order chi connectivity index (χ1) is 18.8. The quantitative estimate of drug-likeness (QED) is 0.277. The molecule has 0 saturated carbocycles. The zero-order valence-electron chi connectivity index (χ0n) is 19.8. The Hall–Kier alpha value is -4.08. The van der Waals surface area contributed by atoms with Gasteiger partial charge in [-0.25, -0.2) is 27.5 Å². The number of rotatable bonds is 7. The summed E-state index contributed by atoms with van der Waals surface area (Å²) < 4.78 is 43.7. The molecule has 3 aromatic heterocycles. The molecule has 0 fully saturated rings. The second-order valence-electron chi connectivity index (χ2n) is 8.52. The van der Waals surface area contributed by atoms with E-state index in [1.165, 1.54) is 69.8 Å². The monoisotopic (exact) mass is 583 g/mol. The SMILES string of the molecule is O=C(CC1CSc2nc3c(cnn3-c3ccc(F)cc3)c(=O)n21)Nc1ccc(S(=O)(=O)Nc2nccs2)cc1. The number of halogens is 1. The van der Waals surface area contributed by atoms with E-state index in [1.807, 2.05) is 0 Å². The van der Waals surface area contributed by atoms with Gasteiger partial charge in [-0.2, -0.15) is 5.10 Å². The van der Waals surface area contributed by atoms with Crippen molar-refractivity contribution in [2.75, 3.05) is 15.8 Å². The fraction of sp³-hybridized carbons (Fsp3) is 0.125. The summed E-state index contributed by atoms with van der Waals surface area (Å²) in [5.41, 5.74) is 1.03. The summed E-state index contributed by atoms with van der Waals surface area (Å²) in [6.45, 7) is 0. The lowest BCUT2D eigenvalue weighted by molar-refractivity contribution is -0.116. The molecule has 1 unspecified atom stereocenters. The molecule has 1 aliphatic rings. The van der Waals surface area contributed by atoms with Crippen LogP contribution < -0.4 is 15.6 Å². The van der Waals surface area contributed by atoms with Crippen molar-refractivity contribution in [3.8, 4) is 5.69 Å². The van der Waals surface area contributed by atoms with Crippen LogP contribution in [-0.4, -0.2) is 44.4 Å². The molecule has 1 aliphatic heterocycles. The molecule has 6 rings (SSSR count). The molecule has 5 aromatic rings. The first-order valence-corrected chi connectivity index (χ1v) is 14.8. The number of hydrogen-bond acceptors (Lipinski definition) is 9. The number of hydrogen-bond donors (Lipinski definition) is 2. The second-order valence-corrected chi connectivity index (χ2v) is 12.1. The fourth-order valence-corrected chi connectivity index (χ4v) is 7.06. The standard InChI is InChI=1S/C24H18FN7O4S3/c25-14-1-5-16(6-2-14)32-21-19(12-27-32)22(34)31-17(13-38-24(31)29-21)11-20(33)28-15-3-7-18(8-4-15)39(35,36)30-23-26-9-10-37-23/h1-10,12,17H,11,13H2,(H,26,30)(H,28,33). The van der Waals surface area contributed by atoms with Crippen LogP contribution in [0.15, 0.2) is 81.2 Å². The van der Waals surface area contributed by atoms with Gasteiger partial charge in [0.1, 0.15) is 11.2 Å². The number of thioether (sulfide) groups is 1. The third-order valence-corrected chi connectivity index (χ3v) is 9.24. The van der Waals surface area contributed by atoms with E-state index in [0.717, 1.165) is 11.3 Å². The highest BCUT2D eigenvalue weighted by atomic mass is 32.2. The lowest BCUT2D eigenvalue weighted by Crippen LogP contribution is -2.27. The Kier molecular flexibility index (Phi) is 6.40. The Morgan fingerprint density at radius 1 is 1.13 bits per heavy atom. The van der Waals surface area contributed by atoms with Crippen molar-refractivity contribution in [1.29, 1.82) is 0 Å². The lowest BCUT2D eigenvalue weighted by Gasteiger charge is -2.14. The lowest BCUT2D eigenvalue weighted by atomic mass is 10.2. The summed E-state index contributed by atoms with van der Waals surface area (Å²) in [5.74, 6) is -0.240. The Morgan fingerprint density at radius 3 is 2.62 bits per heavy atom. The van der Waals surface area contributed by atoms with Crippen LogP contribution in [0.1, 0.15) is 12.5 Å². The maximum absolute atomic E-state index is 13.3. The predicted octanol–water partition coefficient (Wildman–Crippen LogP) is 3.65. The topological polar surface area (TPSA) is 141 Å². The largest absolute Gasteiger partial charge is 0.326 e. The molecule has 4 heterocycles. The first-order valence-electron chi connectivity index (χ1n) is 11.5. The highest BCUT2D eigenvalue weighted by molar-refractivity contribution is 7.99. The van der Waals surface area contributed by atoms with Gasteiger partial charge in [0, 0.05) is 29.4 Å². The molecule has 39 heavy (non-hydrogen) atoms. The van der Waals surface area contributed by atoms with Gasteiger partial charge in [0.25, 0.3) is 15.6 Å². The molecule has 0 bridgehead atoms. The van der Waals surface area contributed by atoms with E-state index >= 15 is 0 Å². The number of amides is 1. The molecule has 15 heteroatoms. The van der Waals surface area contributed by atoms with Crippen molar-refractivity contribution in [3.63, 3.8) is 0 Å². The molecule has 1 atom stereocenters. The van der Waals surface area contributed by atoms with Crippen molar-refractivity contribution in [1.82, 2.24) is 24.3 Å². The maximum Gasteiger partial charge on any atom is 0.265 e. The van der Waals surface area contributed by atoms with Gasteiger partial charge in [0.05, 0.1) is 22.8 Å². The third kappa shape index (κ3) is 4.91. The van der Waals surface area contributed by atoms with E-state index in [-0.39, 0.29) is 33.7 Å². The molecule has 2 N–H and O–H groups in total. The van der Waals surface area contributed by atoms with Gasteiger partial charge in [-0.1, -0.05) is 11.8 Å².